The Morgan fingerprint density at radius 1 is 1.04 bits per heavy atom. The van der Waals surface area contributed by atoms with Gasteiger partial charge in [-0.05, 0) is 92.7 Å². The molecule has 6 heterocycles. The monoisotopic (exact) mass is 704 g/mol. The Labute approximate surface area is 306 Å². The number of nitrogens with zero attached hydrogens (tertiary/aromatic N) is 2. The first-order valence-electron chi connectivity index (χ1n) is 19.3. The number of para-hydroxylation sites is 1. The Morgan fingerprint density at radius 3 is 2.62 bits per heavy atom. The quantitative estimate of drug-likeness (QED) is 0.181. The number of aromatic nitrogens is 2. The van der Waals surface area contributed by atoms with Crippen LogP contribution in [0.2, 0.25) is 0 Å². The molecular formula is C43H52N4O5. The summed E-state index contributed by atoms with van der Waals surface area (Å²) in [4.78, 5) is 41.1. The molecule has 274 valence electrons. The molecule has 2 N–H and O–H groups in total. The first-order chi connectivity index (χ1) is 25.3. The number of likely N-dealkylation sites (N-methyl/N-ethyl adjacent to an activating group) is 1. The van der Waals surface area contributed by atoms with Crippen LogP contribution in [0, 0.1) is 23.7 Å². The largest absolute Gasteiger partial charge is 0.497 e. The van der Waals surface area contributed by atoms with Gasteiger partial charge in [0.1, 0.15) is 11.2 Å². The Hall–Kier alpha value is -4.08. The van der Waals surface area contributed by atoms with E-state index in [2.05, 4.69) is 83.1 Å². The highest BCUT2D eigenvalue weighted by Crippen LogP contribution is 2.57. The molecule has 4 aromatic rings. The Bertz CT molecular complexity index is 2110. The number of allylic oxidation sites excluding steroid dienone is 1. The number of esters is 2. The average Bonchev–Trinajstić information content (AvgIpc) is 3.70. The van der Waals surface area contributed by atoms with Crippen LogP contribution in [0.25, 0.3) is 21.8 Å². The number of carbonyl (C=O) groups is 2. The number of carbonyl (C=O) groups excluding carboxylic acids is 2. The molecule has 9 heteroatoms. The maximum atomic E-state index is 14.4. The molecule has 4 fully saturated rings. The van der Waals surface area contributed by atoms with Crippen LogP contribution in [-0.2, 0) is 37.3 Å². The van der Waals surface area contributed by atoms with Gasteiger partial charge in [0.25, 0.3) is 0 Å². The fourth-order valence-corrected chi connectivity index (χ4v) is 12.1. The summed E-state index contributed by atoms with van der Waals surface area (Å²) in [7, 11) is 6.97. The third-order valence-electron chi connectivity index (χ3n) is 14.1. The molecule has 3 saturated heterocycles. The minimum Gasteiger partial charge on any atom is -0.497 e. The fourth-order valence-electron chi connectivity index (χ4n) is 12.1. The highest BCUT2D eigenvalue weighted by Gasteiger charge is 2.63. The van der Waals surface area contributed by atoms with Crippen LogP contribution in [-0.4, -0.2) is 91.8 Å². The van der Waals surface area contributed by atoms with Gasteiger partial charge < -0.3 is 24.2 Å². The van der Waals surface area contributed by atoms with Crippen molar-refractivity contribution in [1.29, 1.82) is 0 Å². The van der Waals surface area contributed by atoms with Crippen molar-refractivity contribution in [3.8, 4) is 5.75 Å². The summed E-state index contributed by atoms with van der Waals surface area (Å²) < 4.78 is 17.4. The number of piperidine rings is 3. The maximum absolute atomic E-state index is 14.4. The Morgan fingerprint density at radius 2 is 1.87 bits per heavy atom. The third kappa shape index (κ3) is 4.67. The summed E-state index contributed by atoms with van der Waals surface area (Å²) in [6.07, 6.45) is 7.56. The van der Waals surface area contributed by atoms with Gasteiger partial charge in [0, 0.05) is 76.9 Å². The number of nitrogens with one attached hydrogen (secondary N) is 2. The molecule has 10 rings (SSSR count). The second-order valence-electron chi connectivity index (χ2n) is 16.3. The topological polar surface area (TPSA) is 99.9 Å². The van der Waals surface area contributed by atoms with Crippen LogP contribution in [0.4, 0.5) is 0 Å². The molecule has 4 aliphatic heterocycles. The van der Waals surface area contributed by atoms with Crippen molar-refractivity contribution in [3.05, 3.63) is 76.1 Å². The second-order valence-corrected chi connectivity index (χ2v) is 16.3. The van der Waals surface area contributed by atoms with Gasteiger partial charge in [-0.1, -0.05) is 43.2 Å². The molecule has 9 atom stereocenters. The Kier molecular flexibility index (Phi) is 8.12. The lowest BCUT2D eigenvalue weighted by atomic mass is 9.56. The van der Waals surface area contributed by atoms with E-state index in [0.717, 1.165) is 74.2 Å². The summed E-state index contributed by atoms with van der Waals surface area (Å²) in [5, 5.41) is 2.39. The highest BCUT2D eigenvalue weighted by atomic mass is 16.5. The SMILES string of the molecule is CC=C1CN(C)C2Cc3c([nH]c4ccccc34)C(c3cc(OC)cc4[nH]c5c(c34)CCN3CC4CC(CC)C3C5(C(=O)OC)C4)CC1C2C(=O)OC. The van der Waals surface area contributed by atoms with Crippen LogP contribution in [0.15, 0.2) is 48.0 Å². The van der Waals surface area contributed by atoms with Crippen molar-refractivity contribution in [2.75, 3.05) is 48.0 Å². The number of aromatic amines is 2. The molecule has 0 spiro atoms. The second kappa shape index (κ2) is 12.5. The minimum atomic E-state index is -0.756. The number of rotatable bonds is 5. The zero-order chi connectivity index (χ0) is 36.1. The summed E-state index contributed by atoms with van der Waals surface area (Å²) in [5.41, 5.74) is 8.57. The first kappa shape index (κ1) is 33.7. The summed E-state index contributed by atoms with van der Waals surface area (Å²) >= 11 is 0. The van der Waals surface area contributed by atoms with Gasteiger partial charge >= 0.3 is 11.9 Å². The van der Waals surface area contributed by atoms with Crippen molar-refractivity contribution in [1.82, 2.24) is 19.8 Å². The number of methoxy groups -OCH3 is 3. The van der Waals surface area contributed by atoms with Gasteiger partial charge in [-0.3, -0.25) is 19.4 Å². The van der Waals surface area contributed by atoms with Gasteiger partial charge in [0.2, 0.25) is 0 Å². The lowest BCUT2D eigenvalue weighted by Gasteiger charge is -2.57. The van der Waals surface area contributed by atoms with E-state index >= 15 is 0 Å². The van der Waals surface area contributed by atoms with Crippen molar-refractivity contribution >= 4 is 33.7 Å². The van der Waals surface area contributed by atoms with Crippen LogP contribution < -0.4 is 4.74 Å². The zero-order valence-electron chi connectivity index (χ0n) is 31.4. The van der Waals surface area contributed by atoms with Gasteiger partial charge in [-0.15, -0.1) is 0 Å². The molecular weight excluding hydrogens is 652 g/mol. The molecule has 0 radical (unpaired) electrons. The Balaban J connectivity index is 1.33. The number of H-pyrrole nitrogens is 2. The standard InChI is InChI=1S/C43H52N4O5/c1-7-24-15-23-20-43(42(49)52-6)39-28(13-14-47(21-23)40(24)43)36-30(16-26(50-4)17-34(36)45-39)31-18-29-25(8-2)22-46(3)35(37(29)41(48)51-5)19-32-27-11-9-10-12-33(27)44-38(31)32/h8-12,16-17,23-24,29,31,35,37,40,44-45H,7,13-15,18-22H2,1-6H3. The van der Waals surface area contributed by atoms with Crippen LogP contribution in [0.1, 0.15) is 73.5 Å². The smallest absolute Gasteiger partial charge is 0.319 e. The molecule has 6 aliphatic rings. The molecule has 9 unspecified atom stereocenters. The third-order valence-corrected chi connectivity index (χ3v) is 14.1. The van der Waals surface area contributed by atoms with E-state index in [0.29, 0.717) is 11.8 Å². The molecule has 2 aromatic heterocycles. The number of benzene rings is 2. The zero-order valence-corrected chi connectivity index (χ0v) is 31.4. The molecule has 0 amide bonds. The molecule has 2 aliphatic carbocycles. The molecule has 1 saturated carbocycles. The van der Waals surface area contributed by atoms with E-state index in [4.69, 9.17) is 14.2 Å². The van der Waals surface area contributed by atoms with Crippen molar-refractivity contribution in [3.63, 3.8) is 0 Å². The number of hydrogen-bond acceptors (Lipinski definition) is 7. The molecule has 9 nitrogen and oxygen atoms in total. The summed E-state index contributed by atoms with van der Waals surface area (Å²) in [5.74, 6) is 1.02. The summed E-state index contributed by atoms with van der Waals surface area (Å²) in [6.45, 7) is 7.15. The van der Waals surface area contributed by atoms with Gasteiger partial charge in [-0.2, -0.15) is 0 Å². The normalized spacial score (nSPS) is 33.2. The highest BCUT2D eigenvalue weighted by molar-refractivity contribution is 5.95. The maximum Gasteiger partial charge on any atom is 0.319 e. The lowest BCUT2D eigenvalue weighted by molar-refractivity contribution is -0.162. The number of fused-ring (bicyclic) bond motifs is 9. The predicted molar refractivity (Wildman–Crippen MR) is 202 cm³/mol. The number of hydrogen-bond donors (Lipinski definition) is 2. The summed E-state index contributed by atoms with van der Waals surface area (Å²) in [6, 6.07) is 13.0. The van der Waals surface area contributed by atoms with Gasteiger partial charge in [0.15, 0.2) is 0 Å². The van der Waals surface area contributed by atoms with Crippen molar-refractivity contribution in [2.45, 2.75) is 75.8 Å². The van der Waals surface area contributed by atoms with Crippen molar-refractivity contribution < 1.29 is 23.8 Å². The average molecular weight is 705 g/mol. The van der Waals surface area contributed by atoms with Crippen molar-refractivity contribution in [2.24, 2.45) is 23.7 Å². The van der Waals surface area contributed by atoms with Gasteiger partial charge in [0.05, 0.1) is 27.2 Å². The van der Waals surface area contributed by atoms with E-state index < -0.39 is 5.41 Å². The molecule has 2 aromatic carbocycles. The van der Waals surface area contributed by atoms with Crippen LogP contribution in [0.5, 0.6) is 5.75 Å². The fraction of sp³-hybridized carbons (Fsp3) is 0.535. The van der Waals surface area contributed by atoms with Gasteiger partial charge in [-0.25, -0.2) is 0 Å². The van der Waals surface area contributed by atoms with Crippen LogP contribution >= 0.6 is 0 Å². The number of likely N-dealkylation sites (tertiary alicyclic amines) is 1. The minimum absolute atomic E-state index is 0.00381. The van der Waals surface area contributed by atoms with E-state index in [1.165, 1.54) is 52.3 Å². The van der Waals surface area contributed by atoms with E-state index in [1.807, 2.05) is 0 Å². The number of ether oxygens (including phenoxy) is 3. The van der Waals surface area contributed by atoms with E-state index in [-0.39, 0.29) is 41.8 Å². The molecule has 52 heavy (non-hydrogen) atoms. The lowest BCUT2D eigenvalue weighted by Crippen LogP contribution is -2.67. The van der Waals surface area contributed by atoms with E-state index in [1.54, 1.807) is 14.2 Å². The first-order valence-corrected chi connectivity index (χ1v) is 19.3. The van der Waals surface area contributed by atoms with Crippen LogP contribution in [0.3, 0.4) is 0 Å². The molecule has 6 bridgehead atoms. The van der Waals surface area contributed by atoms with E-state index in [9.17, 15) is 9.59 Å². The predicted octanol–water partition coefficient (Wildman–Crippen LogP) is 6.49.